The van der Waals surface area contributed by atoms with Gasteiger partial charge in [0.1, 0.15) is 9.90 Å². The lowest BCUT2D eigenvalue weighted by Gasteiger charge is -2.11. The van der Waals surface area contributed by atoms with Gasteiger partial charge in [-0.2, -0.15) is 13.2 Å². The van der Waals surface area contributed by atoms with Gasteiger partial charge in [-0.05, 0) is 30.7 Å². The number of fused-ring (bicyclic) bond motifs is 1. The van der Waals surface area contributed by atoms with Crippen LogP contribution in [0.2, 0.25) is 0 Å². The molecule has 6 nitrogen and oxygen atoms in total. The molecule has 0 bridgehead atoms. The Morgan fingerprint density at radius 2 is 1.93 bits per heavy atom. The third-order valence-corrected chi connectivity index (χ3v) is 7.06. The number of rotatable bonds is 4. The van der Waals surface area contributed by atoms with Gasteiger partial charge in [-0.3, -0.25) is 9.71 Å². The van der Waals surface area contributed by atoms with E-state index in [0.717, 1.165) is 22.8 Å². The summed E-state index contributed by atoms with van der Waals surface area (Å²) in [6, 6.07) is 10.6. The lowest BCUT2D eigenvalue weighted by atomic mass is 10.1. The average molecular weight is 439 g/mol. The minimum absolute atomic E-state index is 0.0728. The molecule has 4 aromatic rings. The molecule has 3 aromatic heterocycles. The molecule has 0 fully saturated rings. The lowest BCUT2D eigenvalue weighted by Crippen LogP contribution is -2.13. The van der Waals surface area contributed by atoms with Gasteiger partial charge in [-0.1, -0.05) is 23.4 Å². The predicted molar refractivity (Wildman–Crippen MR) is 102 cm³/mol. The number of sulfonamides is 1. The Morgan fingerprint density at radius 1 is 1.14 bits per heavy atom. The van der Waals surface area contributed by atoms with E-state index in [1.807, 2.05) is 12.1 Å². The normalized spacial score (nSPS) is 12.4. The van der Waals surface area contributed by atoms with E-state index < -0.39 is 22.0 Å². The molecule has 0 aliphatic rings. The van der Waals surface area contributed by atoms with Gasteiger partial charge >= 0.3 is 6.18 Å². The Kier molecular flexibility index (Phi) is 4.58. The smallest absolute Gasteiger partial charge is 0.351 e. The largest absolute Gasteiger partial charge is 0.452 e. The number of alkyl halides is 3. The summed E-state index contributed by atoms with van der Waals surface area (Å²) in [6.45, 7) is 1.75. The molecule has 0 spiro atoms. The fourth-order valence-electron chi connectivity index (χ4n) is 2.69. The lowest BCUT2D eigenvalue weighted by molar-refractivity contribution is -0.155. The second kappa shape index (κ2) is 6.85. The fourth-order valence-corrected chi connectivity index (χ4v) is 5.08. The van der Waals surface area contributed by atoms with E-state index in [0.29, 0.717) is 16.8 Å². The van der Waals surface area contributed by atoms with Crippen LogP contribution in [0, 0.1) is 6.92 Å². The van der Waals surface area contributed by atoms with Crippen LogP contribution in [-0.2, 0) is 16.2 Å². The monoisotopic (exact) mass is 439 g/mol. The van der Waals surface area contributed by atoms with Gasteiger partial charge in [0.2, 0.25) is 5.76 Å². The Morgan fingerprint density at radius 3 is 2.66 bits per heavy atom. The maximum absolute atomic E-state index is 12.9. The third kappa shape index (κ3) is 3.70. The van der Waals surface area contributed by atoms with Crippen LogP contribution < -0.4 is 4.72 Å². The van der Waals surface area contributed by atoms with Crippen LogP contribution >= 0.6 is 11.3 Å². The van der Waals surface area contributed by atoms with Crippen molar-refractivity contribution < 1.29 is 26.1 Å². The van der Waals surface area contributed by atoms with Crippen molar-refractivity contribution in [3.63, 3.8) is 0 Å². The Balaban J connectivity index is 1.68. The zero-order valence-corrected chi connectivity index (χ0v) is 16.3. The number of halogens is 3. The van der Waals surface area contributed by atoms with Crippen molar-refractivity contribution in [3.05, 3.63) is 60.0 Å². The first-order chi connectivity index (χ1) is 13.6. The van der Waals surface area contributed by atoms with Gasteiger partial charge in [0.05, 0.1) is 16.1 Å². The second-order valence-corrected chi connectivity index (χ2v) is 9.12. The van der Waals surface area contributed by atoms with Crippen LogP contribution in [0.1, 0.15) is 11.3 Å². The number of benzene rings is 1. The molecule has 0 radical (unpaired) electrons. The van der Waals surface area contributed by atoms with Crippen molar-refractivity contribution in [3.8, 4) is 10.6 Å². The molecular formula is C18H12F3N3O3S2. The summed E-state index contributed by atoms with van der Waals surface area (Å²) in [6.07, 6.45) is -3.11. The third-order valence-electron chi connectivity index (χ3n) is 4.11. The number of aryl methyl sites for hydroxylation is 1. The van der Waals surface area contributed by atoms with Gasteiger partial charge in [0.15, 0.2) is 0 Å². The Bertz CT molecular complexity index is 1310. The Hall–Kier alpha value is -2.92. The first kappa shape index (κ1) is 19.4. The van der Waals surface area contributed by atoms with Gasteiger partial charge in [0.25, 0.3) is 10.0 Å². The molecule has 150 valence electrons. The SMILES string of the molecule is Cc1ccc2cccnc2c1NS(=O)(=O)c1ccc(-c2cc(C(F)(F)F)on2)s1. The summed E-state index contributed by atoms with van der Waals surface area (Å²) < 4.78 is 70.5. The van der Waals surface area contributed by atoms with E-state index in [-0.39, 0.29) is 14.8 Å². The summed E-state index contributed by atoms with van der Waals surface area (Å²) in [7, 11) is -3.99. The van der Waals surface area contributed by atoms with Crippen LogP contribution in [0.4, 0.5) is 18.9 Å². The number of hydrogen-bond donors (Lipinski definition) is 1. The first-order valence-corrected chi connectivity index (χ1v) is 10.5. The summed E-state index contributed by atoms with van der Waals surface area (Å²) in [4.78, 5) is 4.48. The maximum atomic E-state index is 12.9. The molecule has 0 amide bonds. The molecule has 1 N–H and O–H groups in total. The predicted octanol–water partition coefficient (Wildman–Crippen LogP) is 5.08. The molecule has 0 aliphatic carbocycles. The van der Waals surface area contributed by atoms with E-state index in [1.165, 1.54) is 12.1 Å². The standard InChI is InChI=1S/C18H12F3N3O3S2/c1-10-4-5-11-3-2-8-22-17(11)16(10)24-29(25,26)15-7-6-13(28-15)12-9-14(27-23-12)18(19,20)21/h2-9,24H,1H3. The molecule has 11 heteroatoms. The van der Waals surface area contributed by atoms with E-state index in [2.05, 4.69) is 19.4 Å². The Labute approximate surface area is 167 Å². The summed E-state index contributed by atoms with van der Waals surface area (Å²) >= 11 is 0.787. The topological polar surface area (TPSA) is 85.1 Å². The van der Waals surface area contributed by atoms with Crippen molar-refractivity contribution in [2.45, 2.75) is 17.3 Å². The fraction of sp³-hybridized carbons (Fsp3) is 0.111. The van der Waals surface area contributed by atoms with Gasteiger partial charge in [-0.25, -0.2) is 8.42 Å². The number of thiophene rings is 1. The van der Waals surface area contributed by atoms with Crippen LogP contribution in [0.15, 0.2) is 57.4 Å². The molecule has 0 unspecified atom stereocenters. The first-order valence-electron chi connectivity index (χ1n) is 8.16. The minimum Gasteiger partial charge on any atom is -0.351 e. The van der Waals surface area contributed by atoms with E-state index in [4.69, 9.17) is 0 Å². The molecule has 29 heavy (non-hydrogen) atoms. The highest BCUT2D eigenvalue weighted by molar-refractivity contribution is 7.94. The quantitative estimate of drug-likeness (QED) is 0.479. The molecule has 0 saturated heterocycles. The van der Waals surface area contributed by atoms with Crippen molar-refractivity contribution in [1.82, 2.24) is 10.1 Å². The maximum Gasteiger partial charge on any atom is 0.452 e. The van der Waals surface area contributed by atoms with E-state index in [1.54, 1.807) is 25.3 Å². The van der Waals surface area contributed by atoms with Crippen LogP contribution in [0.25, 0.3) is 21.5 Å². The molecule has 1 aromatic carbocycles. The summed E-state index contributed by atoms with van der Waals surface area (Å²) in [5.41, 5.74) is 1.44. The van der Waals surface area contributed by atoms with Gasteiger partial charge in [0, 0.05) is 17.6 Å². The molecule has 0 atom stereocenters. The van der Waals surface area contributed by atoms with Crippen molar-refractivity contribution in [2.75, 3.05) is 4.72 Å². The summed E-state index contributed by atoms with van der Waals surface area (Å²) in [5.74, 6) is -1.25. The molecule has 3 heterocycles. The van der Waals surface area contributed by atoms with Crippen molar-refractivity contribution in [2.24, 2.45) is 0 Å². The molecule has 0 aliphatic heterocycles. The highest BCUT2D eigenvalue weighted by Crippen LogP contribution is 2.36. The highest BCUT2D eigenvalue weighted by Gasteiger charge is 2.36. The second-order valence-electron chi connectivity index (χ2n) is 6.13. The average Bonchev–Trinajstić information content (AvgIpc) is 3.33. The number of nitrogens with zero attached hydrogens (tertiary/aromatic N) is 2. The van der Waals surface area contributed by atoms with Crippen molar-refractivity contribution >= 4 is 38.0 Å². The van der Waals surface area contributed by atoms with Crippen LogP contribution in [0.3, 0.4) is 0 Å². The minimum atomic E-state index is -4.67. The molecule has 0 saturated carbocycles. The molecule has 4 rings (SSSR count). The van der Waals surface area contributed by atoms with E-state index in [9.17, 15) is 21.6 Å². The number of hydrogen-bond acceptors (Lipinski definition) is 6. The van der Waals surface area contributed by atoms with Gasteiger partial charge < -0.3 is 4.52 Å². The number of aromatic nitrogens is 2. The number of anilines is 1. The zero-order valence-electron chi connectivity index (χ0n) is 14.7. The highest BCUT2D eigenvalue weighted by atomic mass is 32.2. The molecular weight excluding hydrogens is 427 g/mol. The van der Waals surface area contributed by atoms with Crippen LogP contribution in [0.5, 0.6) is 0 Å². The van der Waals surface area contributed by atoms with Crippen LogP contribution in [-0.4, -0.2) is 18.6 Å². The van der Waals surface area contributed by atoms with E-state index >= 15 is 0 Å². The number of pyridine rings is 1. The summed E-state index contributed by atoms with van der Waals surface area (Å²) in [5, 5.41) is 4.15. The van der Waals surface area contributed by atoms with Gasteiger partial charge in [-0.15, -0.1) is 11.3 Å². The van der Waals surface area contributed by atoms with Crippen molar-refractivity contribution in [1.29, 1.82) is 0 Å². The number of nitrogens with one attached hydrogen (secondary N) is 1. The zero-order chi connectivity index (χ0) is 20.8.